The van der Waals surface area contributed by atoms with Crippen molar-refractivity contribution in [3.8, 4) is 0 Å². The standard InChI is InChI=1S/C12H17N3/c13-12(15-11-8-4-5-9-11)14-10-6-2-1-3-7-10/h1-3,6-7,11H,4-5,8-9H2,(H3,13,14,15). The lowest BCUT2D eigenvalue weighted by Crippen LogP contribution is -2.24. The predicted octanol–water partition coefficient (Wildman–Crippen LogP) is 2.36. The third-order valence-corrected chi connectivity index (χ3v) is 2.69. The first-order valence-electron chi connectivity index (χ1n) is 5.50. The van der Waals surface area contributed by atoms with E-state index in [1.54, 1.807) is 0 Å². The van der Waals surface area contributed by atoms with Crippen molar-refractivity contribution in [3.05, 3.63) is 30.3 Å². The highest BCUT2D eigenvalue weighted by molar-refractivity contribution is 5.92. The van der Waals surface area contributed by atoms with Gasteiger partial charge in [-0.05, 0) is 25.0 Å². The van der Waals surface area contributed by atoms with Crippen LogP contribution in [0.5, 0.6) is 0 Å². The van der Waals surface area contributed by atoms with Crippen LogP contribution in [0.4, 0.5) is 5.69 Å². The number of nitrogens with two attached hydrogens (primary N) is 1. The van der Waals surface area contributed by atoms with Crippen LogP contribution in [0.2, 0.25) is 0 Å². The number of benzene rings is 1. The summed E-state index contributed by atoms with van der Waals surface area (Å²) in [5.74, 6) is 0.535. The molecule has 3 heteroatoms. The molecule has 0 saturated heterocycles. The highest BCUT2D eigenvalue weighted by atomic mass is 15.1. The molecule has 0 spiro atoms. The molecule has 0 atom stereocenters. The van der Waals surface area contributed by atoms with Gasteiger partial charge in [0.25, 0.3) is 0 Å². The van der Waals surface area contributed by atoms with Crippen LogP contribution in [0.15, 0.2) is 35.3 Å². The lowest BCUT2D eigenvalue weighted by Gasteiger charge is -2.07. The normalized spacial score (nSPS) is 18.0. The number of para-hydroxylation sites is 1. The van der Waals surface area contributed by atoms with Gasteiger partial charge in [-0.1, -0.05) is 31.0 Å². The van der Waals surface area contributed by atoms with E-state index in [9.17, 15) is 0 Å². The van der Waals surface area contributed by atoms with E-state index in [4.69, 9.17) is 5.73 Å². The first-order chi connectivity index (χ1) is 7.34. The van der Waals surface area contributed by atoms with Gasteiger partial charge in [-0.15, -0.1) is 0 Å². The van der Waals surface area contributed by atoms with Crippen molar-refractivity contribution in [3.63, 3.8) is 0 Å². The maximum atomic E-state index is 5.82. The monoisotopic (exact) mass is 203 g/mol. The summed E-state index contributed by atoms with van der Waals surface area (Å²) in [6.45, 7) is 0. The molecule has 1 aromatic rings. The lowest BCUT2D eigenvalue weighted by atomic mass is 10.3. The van der Waals surface area contributed by atoms with Gasteiger partial charge in [0.1, 0.15) is 0 Å². The largest absolute Gasteiger partial charge is 0.370 e. The van der Waals surface area contributed by atoms with Gasteiger partial charge in [0.05, 0.1) is 6.04 Å². The highest BCUT2D eigenvalue weighted by Gasteiger charge is 2.13. The van der Waals surface area contributed by atoms with E-state index in [1.807, 2.05) is 30.3 Å². The molecule has 0 amide bonds. The second-order valence-electron chi connectivity index (χ2n) is 3.94. The second kappa shape index (κ2) is 4.82. The molecule has 0 aliphatic heterocycles. The summed E-state index contributed by atoms with van der Waals surface area (Å²) in [6.07, 6.45) is 4.92. The lowest BCUT2D eigenvalue weighted by molar-refractivity contribution is 0.705. The van der Waals surface area contributed by atoms with Gasteiger partial charge in [0.2, 0.25) is 0 Å². The van der Waals surface area contributed by atoms with Crippen LogP contribution < -0.4 is 11.1 Å². The Morgan fingerprint density at radius 3 is 2.53 bits per heavy atom. The average Bonchev–Trinajstić information content (AvgIpc) is 2.71. The molecule has 1 aliphatic rings. The molecule has 0 unspecified atom stereocenters. The zero-order chi connectivity index (χ0) is 10.5. The number of rotatable bonds is 2. The third kappa shape index (κ3) is 2.98. The van der Waals surface area contributed by atoms with E-state index in [0.717, 1.165) is 5.69 Å². The Labute approximate surface area is 90.4 Å². The fraction of sp³-hybridized carbons (Fsp3) is 0.417. The summed E-state index contributed by atoms with van der Waals surface area (Å²) in [7, 11) is 0. The molecule has 15 heavy (non-hydrogen) atoms. The number of anilines is 1. The van der Waals surface area contributed by atoms with Gasteiger partial charge in [0.15, 0.2) is 5.96 Å². The molecule has 3 nitrogen and oxygen atoms in total. The molecule has 1 fully saturated rings. The number of aliphatic imine (C=N–C) groups is 1. The van der Waals surface area contributed by atoms with Gasteiger partial charge in [-0.25, -0.2) is 4.99 Å². The van der Waals surface area contributed by atoms with Crippen molar-refractivity contribution in [1.82, 2.24) is 0 Å². The zero-order valence-corrected chi connectivity index (χ0v) is 8.82. The Hall–Kier alpha value is -1.51. The summed E-state index contributed by atoms with van der Waals surface area (Å²) in [5.41, 5.74) is 6.82. The van der Waals surface area contributed by atoms with Crippen LogP contribution in [0, 0.1) is 0 Å². The molecule has 1 aliphatic carbocycles. The minimum atomic E-state index is 0.432. The number of nitrogens with one attached hydrogen (secondary N) is 1. The van der Waals surface area contributed by atoms with Gasteiger partial charge in [0, 0.05) is 5.69 Å². The predicted molar refractivity (Wildman–Crippen MR) is 63.9 cm³/mol. The molecule has 0 aromatic heterocycles. The second-order valence-corrected chi connectivity index (χ2v) is 3.94. The molecular formula is C12H17N3. The van der Waals surface area contributed by atoms with Gasteiger partial charge in [-0.3, -0.25) is 0 Å². The fourth-order valence-electron chi connectivity index (χ4n) is 1.93. The van der Waals surface area contributed by atoms with E-state index in [-0.39, 0.29) is 0 Å². The summed E-state index contributed by atoms with van der Waals surface area (Å²) >= 11 is 0. The van der Waals surface area contributed by atoms with E-state index >= 15 is 0 Å². The number of hydrogen-bond donors (Lipinski definition) is 2. The topological polar surface area (TPSA) is 50.4 Å². The van der Waals surface area contributed by atoms with Gasteiger partial charge in [-0.2, -0.15) is 0 Å². The summed E-state index contributed by atoms with van der Waals surface area (Å²) in [6, 6.07) is 10.3. The Balaban J connectivity index is 1.94. The van der Waals surface area contributed by atoms with Crippen molar-refractivity contribution >= 4 is 11.6 Å². The Bertz CT molecular complexity index is 326. The van der Waals surface area contributed by atoms with E-state index in [2.05, 4.69) is 10.3 Å². The number of hydrogen-bond acceptors (Lipinski definition) is 1. The first-order valence-corrected chi connectivity index (χ1v) is 5.50. The molecule has 3 N–H and O–H groups in total. The first kappa shape index (κ1) is 10.0. The van der Waals surface area contributed by atoms with Crippen LogP contribution in [0.1, 0.15) is 25.7 Å². The molecular weight excluding hydrogens is 186 g/mol. The Kier molecular flexibility index (Phi) is 3.22. The molecule has 0 radical (unpaired) electrons. The Morgan fingerprint density at radius 1 is 1.20 bits per heavy atom. The third-order valence-electron chi connectivity index (χ3n) is 2.69. The SMILES string of the molecule is NC(=NC1CCCC1)Nc1ccccc1. The van der Waals surface area contributed by atoms with Crippen LogP contribution in [-0.4, -0.2) is 12.0 Å². The average molecular weight is 203 g/mol. The fourth-order valence-corrected chi connectivity index (χ4v) is 1.93. The van der Waals surface area contributed by atoms with E-state index < -0.39 is 0 Å². The van der Waals surface area contributed by atoms with Crippen LogP contribution >= 0.6 is 0 Å². The van der Waals surface area contributed by atoms with Crippen molar-refractivity contribution in [2.75, 3.05) is 5.32 Å². The molecule has 1 aromatic carbocycles. The van der Waals surface area contributed by atoms with Gasteiger partial charge < -0.3 is 11.1 Å². The number of nitrogens with zero attached hydrogens (tertiary/aromatic N) is 1. The Morgan fingerprint density at radius 2 is 1.87 bits per heavy atom. The molecule has 0 bridgehead atoms. The van der Waals surface area contributed by atoms with Crippen molar-refractivity contribution < 1.29 is 0 Å². The van der Waals surface area contributed by atoms with Crippen LogP contribution in [0.3, 0.4) is 0 Å². The highest BCUT2D eigenvalue weighted by Crippen LogP contribution is 2.20. The summed E-state index contributed by atoms with van der Waals surface area (Å²) in [5, 5.41) is 3.10. The smallest absolute Gasteiger partial charge is 0.193 e. The van der Waals surface area contributed by atoms with Gasteiger partial charge >= 0.3 is 0 Å². The molecule has 80 valence electrons. The van der Waals surface area contributed by atoms with E-state index in [1.165, 1.54) is 25.7 Å². The zero-order valence-electron chi connectivity index (χ0n) is 8.82. The maximum absolute atomic E-state index is 5.82. The van der Waals surface area contributed by atoms with E-state index in [0.29, 0.717) is 12.0 Å². The minimum Gasteiger partial charge on any atom is -0.370 e. The maximum Gasteiger partial charge on any atom is 0.193 e. The molecule has 2 rings (SSSR count). The summed E-state index contributed by atoms with van der Waals surface area (Å²) in [4.78, 5) is 4.45. The molecule has 1 saturated carbocycles. The summed E-state index contributed by atoms with van der Waals surface area (Å²) < 4.78 is 0. The van der Waals surface area contributed by atoms with Crippen molar-refractivity contribution in [2.45, 2.75) is 31.7 Å². The quantitative estimate of drug-likeness (QED) is 0.572. The minimum absolute atomic E-state index is 0.432. The van der Waals surface area contributed by atoms with Crippen molar-refractivity contribution in [1.29, 1.82) is 0 Å². The van der Waals surface area contributed by atoms with Crippen molar-refractivity contribution in [2.24, 2.45) is 10.7 Å². The number of guanidine groups is 1. The van der Waals surface area contributed by atoms with Crippen LogP contribution in [0.25, 0.3) is 0 Å². The molecule has 0 heterocycles. The van der Waals surface area contributed by atoms with Crippen LogP contribution in [-0.2, 0) is 0 Å².